The van der Waals surface area contributed by atoms with Crippen molar-refractivity contribution in [3.63, 3.8) is 0 Å². The molecule has 1 aromatic carbocycles. The molecule has 0 aromatic heterocycles. The molecule has 1 aliphatic heterocycles. The van der Waals surface area contributed by atoms with E-state index in [0.29, 0.717) is 11.9 Å². The molecule has 0 radical (unpaired) electrons. The number of guanidine groups is 1. The van der Waals surface area contributed by atoms with E-state index in [2.05, 4.69) is 21.3 Å². The van der Waals surface area contributed by atoms with Crippen molar-refractivity contribution >= 4 is 11.6 Å². The van der Waals surface area contributed by atoms with Gasteiger partial charge in [-0.25, -0.2) is 0 Å². The van der Waals surface area contributed by atoms with Crippen molar-refractivity contribution in [1.29, 1.82) is 0 Å². The van der Waals surface area contributed by atoms with E-state index in [1.54, 1.807) is 14.2 Å². The summed E-state index contributed by atoms with van der Waals surface area (Å²) < 4.78 is 5.41. The molecule has 1 aromatic rings. The van der Waals surface area contributed by atoms with Crippen LogP contribution in [0.5, 0.6) is 5.75 Å². The molecule has 0 amide bonds. The van der Waals surface area contributed by atoms with Crippen LogP contribution in [-0.4, -0.2) is 39.8 Å². The summed E-state index contributed by atoms with van der Waals surface area (Å²) in [5.41, 5.74) is 6.82. The van der Waals surface area contributed by atoms with Gasteiger partial charge in [-0.1, -0.05) is 12.1 Å². The predicted octanol–water partition coefficient (Wildman–Crippen LogP) is 1.06. The van der Waals surface area contributed by atoms with Crippen LogP contribution in [0.2, 0.25) is 0 Å². The van der Waals surface area contributed by atoms with Gasteiger partial charge in [-0.3, -0.25) is 4.99 Å². The Hall–Kier alpha value is -1.91. The number of methoxy groups -OCH3 is 1. The Bertz CT molecular complexity index is 447. The van der Waals surface area contributed by atoms with Crippen LogP contribution >= 0.6 is 0 Å². The van der Waals surface area contributed by atoms with Gasteiger partial charge >= 0.3 is 0 Å². The quantitative estimate of drug-likeness (QED) is 0.629. The topological polar surface area (TPSA) is 62.9 Å². The molecule has 1 heterocycles. The fraction of sp³-hybridized carbons (Fsp3) is 0.500. The van der Waals surface area contributed by atoms with Crippen molar-refractivity contribution in [2.24, 2.45) is 16.6 Å². The zero-order chi connectivity index (χ0) is 13.7. The first-order chi connectivity index (χ1) is 9.24. The van der Waals surface area contributed by atoms with Crippen LogP contribution in [-0.2, 0) is 0 Å². The molecule has 19 heavy (non-hydrogen) atoms. The molecular weight excluding hydrogens is 240 g/mol. The minimum absolute atomic E-state index is 0.510. The Morgan fingerprint density at radius 2 is 2.32 bits per heavy atom. The Kier molecular flexibility index (Phi) is 4.49. The average molecular weight is 262 g/mol. The predicted molar refractivity (Wildman–Crippen MR) is 78.9 cm³/mol. The molecule has 0 bridgehead atoms. The van der Waals surface area contributed by atoms with Crippen LogP contribution in [0.1, 0.15) is 6.42 Å². The lowest BCUT2D eigenvalue weighted by molar-refractivity contribution is 0.414. The highest BCUT2D eigenvalue weighted by molar-refractivity contribution is 5.77. The number of para-hydroxylation sites is 2. The van der Waals surface area contributed by atoms with Gasteiger partial charge < -0.3 is 20.7 Å². The van der Waals surface area contributed by atoms with E-state index in [0.717, 1.165) is 31.8 Å². The van der Waals surface area contributed by atoms with Gasteiger partial charge in [-0.15, -0.1) is 0 Å². The fourth-order valence-electron chi connectivity index (χ4n) is 2.44. The van der Waals surface area contributed by atoms with E-state index in [1.807, 2.05) is 18.2 Å². The summed E-state index contributed by atoms with van der Waals surface area (Å²) in [6, 6.07) is 8.15. The van der Waals surface area contributed by atoms with Gasteiger partial charge in [-0.05, 0) is 24.5 Å². The maximum Gasteiger partial charge on any atom is 0.188 e. The Morgan fingerprint density at radius 3 is 3.05 bits per heavy atom. The number of aliphatic imine (C=N–C) groups is 1. The molecule has 0 spiro atoms. The number of hydrogen-bond donors (Lipinski definition) is 2. The van der Waals surface area contributed by atoms with Crippen molar-refractivity contribution < 1.29 is 4.74 Å². The van der Waals surface area contributed by atoms with Crippen LogP contribution < -0.4 is 20.7 Å². The van der Waals surface area contributed by atoms with Crippen LogP contribution in [0.3, 0.4) is 0 Å². The standard InChI is InChI=1S/C14H22N4O/c1-16-14(15)17-9-11-7-8-18(10-11)12-5-3-4-6-13(12)19-2/h3-6,11H,7-10H2,1-2H3,(H3,15,16,17). The second-order valence-corrected chi connectivity index (χ2v) is 4.76. The Morgan fingerprint density at radius 1 is 1.53 bits per heavy atom. The number of rotatable bonds is 4. The molecular formula is C14H22N4O. The zero-order valence-electron chi connectivity index (χ0n) is 11.6. The third-order valence-electron chi connectivity index (χ3n) is 3.52. The highest BCUT2D eigenvalue weighted by Gasteiger charge is 2.24. The van der Waals surface area contributed by atoms with Gasteiger partial charge in [0.1, 0.15) is 5.75 Å². The van der Waals surface area contributed by atoms with E-state index >= 15 is 0 Å². The second kappa shape index (κ2) is 6.31. The first-order valence-electron chi connectivity index (χ1n) is 6.58. The summed E-state index contributed by atoms with van der Waals surface area (Å²) in [5.74, 6) is 2.03. The molecule has 1 saturated heterocycles. The lowest BCUT2D eigenvalue weighted by Crippen LogP contribution is -2.36. The van der Waals surface area contributed by atoms with Crippen LogP contribution in [0.15, 0.2) is 29.3 Å². The lowest BCUT2D eigenvalue weighted by Gasteiger charge is -2.21. The van der Waals surface area contributed by atoms with Crippen molar-refractivity contribution in [2.75, 3.05) is 38.7 Å². The SMILES string of the molecule is CN=C(N)NCC1CCN(c2ccccc2OC)C1. The second-order valence-electron chi connectivity index (χ2n) is 4.76. The van der Waals surface area contributed by atoms with Crippen molar-refractivity contribution in [3.8, 4) is 5.75 Å². The lowest BCUT2D eigenvalue weighted by atomic mass is 10.1. The summed E-state index contributed by atoms with van der Waals surface area (Å²) in [4.78, 5) is 6.27. The van der Waals surface area contributed by atoms with Crippen molar-refractivity contribution in [3.05, 3.63) is 24.3 Å². The number of anilines is 1. The van der Waals surface area contributed by atoms with Crippen LogP contribution in [0.4, 0.5) is 5.69 Å². The maximum absolute atomic E-state index is 5.65. The Labute approximate surface area is 114 Å². The molecule has 5 nitrogen and oxygen atoms in total. The molecule has 3 N–H and O–H groups in total. The summed E-state index contributed by atoms with van der Waals surface area (Å²) in [6.07, 6.45) is 1.15. The summed E-state index contributed by atoms with van der Waals surface area (Å²) >= 11 is 0. The minimum Gasteiger partial charge on any atom is -0.495 e. The molecule has 5 heteroatoms. The molecule has 104 valence electrons. The van der Waals surface area contributed by atoms with E-state index < -0.39 is 0 Å². The molecule has 1 unspecified atom stereocenters. The number of benzene rings is 1. The molecule has 1 atom stereocenters. The maximum atomic E-state index is 5.65. The third-order valence-corrected chi connectivity index (χ3v) is 3.52. The monoisotopic (exact) mass is 262 g/mol. The minimum atomic E-state index is 0.510. The van der Waals surface area contributed by atoms with Gasteiger partial charge in [0, 0.05) is 26.7 Å². The van der Waals surface area contributed by atoms with E-state index in [4.69, 9.17) is 10.5 Å². The normalized spacial score (nSPS) is 19.6. The van der Waals surface area contributed by atoms with E-state index in [-0.39, 0.29) is 0 Å². The first kappa shape index (κ1) is 13.5. The molecule has 1 aliphatic rings. The van der Waals surface area contributed by atoms with Crippen molar-refractivity contribution in [1.82, 2.24) is 5.32 Å². The average Bonchev–Trinajstić information content (AvgIpc) is 2.93. The number of ether oxygens (including phenoxy) is 1. The number of hydrogen-bond acceptors (Lipinski definition) is 3. The fourth-order valence-corrected chi connectivity index (χ4v) is 2.44. The number of nitrogens with one attached hydrogen (secondary N) is 1. The van der Waals surface area contributed by atoms with Gasteiger partial charge in [0.2, 0.25) is 0 Å². The van der Waals surface area contributed by atoms with Crippen LogP contribution in [0.25, 0.3) is 0 Å². The summed E-state index contributed by atoms with van der Waals surface area (Å²) in [7, 11) is 3.41. The van der Waals surface area contributed by atoms with E-state index in [9.17, 15) is 0 Å². The van der Waals surface area contributed by atoms with Gasteiger partial charge in [0.05, 0.1) is 12.8 Å². The smallest absolute Gasteiger partial charge is 0.188 e. The zero-order valence-corrected chi connectivity index (χ0v) is 11.6. The first-order valence-corrected chi connectivity index (χ1v) is 6.58. The number of nitrogens with zero attached hydrogens (tertiary/aromatic N) is 2. The molecule has 0 aliphatic carbocycles. The van der Waals surface area contributed by atoms with Crippen molar-refractivity contribution in [2.45, 2.75) is 6.42 Å². The third kappa shape index (κ3) is 3.30. The van der Waals surface area contributed by atoms with Gasteiger partial charge in [0.15, 0.2) is 5.96 Å². The summed E-state index contributed by atoms with van der Waals surface area (Å²) in [5, 5.41) is 3.14. The molecule has 0 saturated carbocycles. The van der Waals surface area contributed by atoms with E-state index in [1.165, 1.54) is 5.69 Å². The van der Waals surface area contributed by atoms with Gasteiger partial charge in [-0.2, -0.15) is 0 Å². The highest BCUT2D eigenvalue weighted by Crippen LogP contribution is 2.31. The largest absolute Gasteiger partial charge is 0.495 e. The van der Waals surface area contributed by atoms with Crippen LogP contribution in [0, 0.1) is 5.92 Å². The Balaban J connectivity index is 1.94. The molecule has 2 rings (SSSR count). The molecule has 1 fully saturated rings. The summed E-state index contributed by atoms with van der Waals surface area (Å²) in [6.45, 7) is 2.94. The number of nitrogens with two attached hydrogens (primary N) is 1. The highest BCUT2D eigenvalue weighted by atomic mass is 16.5. The van der Waals surface area contributed by atoms with Gasteiger partial charge in [0.25, 0.3) is 0 Å².